The predicted octanol–water partition coefficient (Wildman–Crippen LogP) is 4.77. The summed E-state index contributed by atoms with van der Waals surface area (Å²) in [5.41, 5.74) is 3.55. The van der Waals surface area contributed by atoms with Crippen molar-refractivity contribution in [3.05, 3.63) is 120 Å². The highest BCUT2D eigenvalue weighted by Crippen LogP contribution is 2.36. The number of phenols is 1. The van der Waals surface area contributed by atoms with Crippen LogP contribution in [0.5, 0.6) is 11.5 Å². The van der Waals surface area contributed by atoms with Gasteiger partial charge in [0.2, 0.25) is 0 Å². The summed E-state index contributed by atoms with van der Waals surface area (Å²) in [6.07, 6.45) is 1.62. The molecule has 2 heterocycles. The minimum absolute atomic E-state index is 0.0613. The van der Waals surface area contributed by atoms with Gasteiger partial charge in [-0.15, -0.1) is 0 Å². The van der Waals surface area contributed by atoms with E-state index >= 15 is 0 Å². The Morgan fingerprint density at radius 3 is 2.45 bits per heavy atom. The van der Waals surface area contributed by atoms with E-state index in [1.807, 2.05) is 54.6 Å². The van der Waals surface area contributed by atoms with Crippen molar-refractivity contribution in [2.24, 2.45) is 4.99 Å². The first kappa shape index (κ1) is 27.1. The van der Waals surface area contributed by atoms with E-state index in [0.717, 1.165) is 16.7 Å². The van der Waals surface area contributed by atoms with E-state index in [2.05, 4.69) is 13.8 Å². The Kier molecular flexibility index (Phi) is 7.71. The fraction of sp³-hybridized carbons (Fsp3) is 0.219. The van der Waals surface area contributed by atoms with Gasteiger partial charge in [0.25, 0.3) is 5.56 Å². The average molecular weight is 555 g/mol. The minimum atomic E-state index is -0.757. The third-order valence-corrected chi connectivity index (χ3v) is 7.81. The lowest BCUT2D eigenvalue weighted by atomic mass is 9.91. The van der Waals surface area contributed by atoms with Gasteiger partial charge in [0.05, 0.1) is 35.6 Å². The molecule has 0 amide bonds. The molecular formula is C32H30N2O5S. The number of phenolic OH excluding ortho intramolecular Hbond substituents is 1. The van der Waals surface area contributed by atoms with E-state index in [0.29, 0.717) is 37.8 Å². The number of aromatic nitrogens is 1. The topological polar surface area (TPSA) is 90.1 Å². The number of benzene rings is 3. The molecule has 0 unspecified atom stereocenters. The second-order valence-corrected chi connectivity index (χ2v) is 10.7. The number of carbonyl (C=O) groups excluding carboxylic acids is 1. The first-order chi connectivity index (χ1) is 19.3. The summed E-state index contributed by atoms with van der Waals surface area (Å²) < 4.78 is 12.7. The number of para-hydroxylation sites is 1. The molecule has 3 aromatic carbocycles. The van der Waals surface area contributed by atoms with Crippen molar-refractivity contribution in [3.8, 4) is 11.5 Å². The summed E-state index contributed by atoms with van der Waals surface area (Å²) in [6, 6.07) is 21.7. The molecule has 4 aromatic rings. The fourth-order valence-corrected chi connectivity index (χ4v) is 5.77. The van der Waals surface area contributed by atoms with E-state index < -0.39 is 12.0 Å². The molecule has 0 radical (unpaired) electrons. The van der Waals surface area contributed by atoms with Crippen LogP contribution in [0.3, 0.4) is 0 Å². The van der Waals surface area contributed by atoms with Crippen LogP contribution in [0.25, 0.3) is 11.8 Å². The molecule has 5 rings (SSSR count). The number of hydrogen-bond donors (Lipinski definition) is 1. The molecule has 40 heavy (non-hydrogen) atoms. The van der Waals surface area contributed by atoms with Crippen LogP contribution in [0.4, 0.5) is 0 Å². The van der Waals surface area contributed by atoms with E-state index in [-0.39, 0.29) is 17.9 Å². The van der Waals surface area contributed by atoms with Gasteiger partial charge in [-0.2, -0.15) is 0 Å². The Hall–Kier alpha value is -4.43. The standard InChI is InChI=1S/C32H30N2O5S/c1-5-39-31(37)26-27(21-10-7-6-8-11-21)33-32-34(28(26)22-16-14-20(15-17-22)19(2)3)30(36)25(40-32)18-23-12-9-13-24(38-4)29(23)35/h6-19,28,35H,5H2,1-4H3/b25-18-/t28-/m1/s1. The SMILES string of the molecule is CCOC(=O)C1=C(c2ccccc2)N=c2s/c(=C\c3cccc(OC)c3O)c(=O)n2[C@@H]1c1ccc(C(C)C)cc1. The van der Waals surface area contributed by atoms with E-state index in [1.54, 1.807) is 35.8 Å². The number of aromatic hydroxyl groups is 1. The molecule has 1 aliphatic heterocycles. The molecule has 7 nitrogen and oxygen atoms in total. The number of carbonyl (C=O) groups is 1. The number of hydrogen-bond acceptors (Lipinski definition) is 7. The molecular weight excluding hydrogens is 524 g/mol. The highest BCUT2D eigenvalue weighted by molar-refractivity contribution is 7.07. The highest BCUT2D eigenvalue weighted by Gasteiger charge is 2.35. The Morgan fingerprint density at radius 2 is 1.80 bits per heavy atom. The maximum Gasteiger partial charge on any atom is 0.338 e. The molecule has 0 spiro atoms. The average Bonchev–Trinajstić information content (AvgIpc) is 3.28. The van der Waals surface area contributed by atoms with Gasteiger partial charge in [0.1, 0.15) is 0 Å². The van der Waals surface area contributed by atoms with Crippen molar-refractivity contribution in [2.75, 3.05) is 13.7 Å². The predicted molar refractivity (Wildman–Crippen MR) is 156 cm³/mol. The van der Waals surface area contributed by atoms with Crippen LogP contribution in [0.15, 0.2) is 88.2 Å². The van der Waals surface area contributed by atoms with Crippen LogP contribution in [0, 0.1) is 0 Å². The first-order valence-corrected chi connectivity index (χ1v) is 13.9. The summed E-state index contributed by atoms with van der Waals surface area (Å²) in [6.45, 7) is 6.17. The summed E-state index contributed by atoms with van der Waals surface area (Å²) in [4.78, 5) is 32.9. The fourth-order valence-electron chi connectivity index (χ4n) is 4.78. The van der Waals surface area contributed by atoms with Crippen molar-refractivity contribution < 1.29 is 19.4 Å². The van der Waals surface area contributed by atoms with E-state index in [9.17, 15) is 14.7 Å². The lowest BCUT2D eigenvalue weighted by Crippen LogP contribution is -2.40. The van der Waals surface area contributed by atoms with Crippen LogP contribution in [0.1, 0.15) is 55.0 Å². The summed E-state index contributed by atoms with van der Waals surface area (Å²) in [5.74, 6) is 0.0451. The van der Waals surface area contributed by atoms with Gasteiger partial charge < -0.3 is 14.6 Å². The van der Waals surface area contributed by atoms with Gasteiger partial charge in [-0.25, -0.2) is 9.79 Å². The Bertz CT molecular complexity index is 1770. The smallest absolute Gasteiger partial charge is 0.338 e. The zero-order valence-corrected chi connectivity index (χ0v) is 23.6. The van der Waals surface area contributed by atoms with Crippen LogP contribution in [-0.2, 0) is 9.53 Å². The van der Waals surface area contributed by atoms with Crippen molar-refractivity contribution in [3.63, 3.8) is 0 Å². The van der Waals surface area contributed by atoms with Crippen molar-refractivity contribution in [1.82, 2.24) is 4.57 Å². The summed E-state index contributed by atoms with van der Waals surface area (Å²) >= 11 is 1.20. The monoisotopic (exact) mass is 554 g/mol. The van der Waals surface area contributed by atoms with E-state index in [4.69, 9.17) is 14.5 Å². The molecule has 1 aliphatic rings. The molecule has 8 heteroatoms. The maximum absolute atomic E-state index is 14.0. The van der Waals surface area contributed by atoms with E-state index in [1.165, 1.54) is 18.4 Å². The Balaban J connectivity index is 1.82. The number of thiazole rings is 1. The molecule has 0 fully saturated rings. The third-order valence-electron chi connectivity index (χ3n) is 6.83. The van der Waals surface area contributed by atoms with Crippen molar-refractivity contribution in [2.45, 2.75) is 32.7 Å². The zero-order valence-electron chi connectivity index (χ0n) is 22.8. The molecule has 204 valence electrons. The summed E-state index contributed by atoms with van der Waals surface area (Å²) in [7, 11) is 1.47. The number of methoxy groups -OCH3 is 1. The van der Waals surface area contributed by atoms with Gasteiger partial charge in [0, 0.05) is 11.1 Å². The van der Waals surface area contributed by atoms with Crippen LogP contribution < -0.4 is 19.6 Å². The number of fused-ring (bicyclic) bond motifs is 1. The largest absolute Gasteiger partial charge is 0.504 e. The number of nitrogens with zero attached hydrogens (tertiary/aromatic N) is 2. The maximum atomic E-state index is 14.0. The molecule has 0 saturated carbocycles. The number of rotatable bonds is 7. The molecule has 0 bridgehead atoms. The van der Waals surface area contributed by atoms with Crippen LogP contribution in [0.2, 0.25) is 0 Å². The van der Waals surface area contributed by atoms with Crippen molar-refractivity contribution >= 4 is 29.1 Å². The van der Waals surface area contributed by atoms with Gasteiger partial charge in [-0.3, -0.25) is 9.36 Å². The lowest BCUT2D eigenvalue weighted by Gasteiger charge is -2.26. The second kappa shape index (κ2) is 11.4. The molecule has 1 aromatic heterocycles. The Morgan fingerprint density at radius 1 is 1.07 bits per heavy atom. The molecule has 0 saturated heterocycles. The number of ether oxygens (including phenoxy) is 2. The Labute approximate surface area is 236 Å². The highest BCUT2D eigenvalue weighted by atomic mass is 32.1. The quantitative estimate of drug-likeness (QED) is 0.333. The van der Waals surface area contributed by atoms with Gasteiger partial charge >= 0.3 is 5.97 Å². The van der Waals surface area contributed by atoms with Crippen LogP contribution in [-0.4, -0.2) is 29.4 Å². The van der Waals surface area contributed by atoms with Gasteiger partial charge in [0.15, 0.2) is 16.3 Å². The number of esters is 1. The lowest BCUT2D eigenvalue weighted by molar-refractivity contribution is -0.138. The third kappa shape index (κ3) is 4.98. The molecule has 1 atom stereocenters. The van der Waals surface area contributed by atoms with Crippen LogP contribution >= 0.6 is 11.3 Å². The molecule has 1 N–H and O–H groups in total. The zero-order chi connectivity index (χ0) is 28.4. The normalized spacial score (nSPS) is 15.1. The molecule has 0 aliphatic carbocycles. The minimum Gasteiger partial charge on any atom is -0.504 e. The summed E-state index contributed by atoms with van der Waals surface area (Å²) in [5, 5.41) is 10.7. The second-order valence-electron chi connectivity index (χ2n) is 9.65. The first-order valence-electron chi connectivity index (χ1n) is 13.1. The van der Waals surface area contributed by atoms with Gasteiger partial charge in [-0.05, 0) is 36.1 Å². The van der Waals surface area contributed by atoms with Gasteiger partial charge in [-0.1, -0.05) is 91.9 Å². The van der Waals surface area contributed by atoms with Crippen molar-refractivity contribution in [1.29, 1.82) is 0 Å².